The first-order valence-electron chi connectivity index (χ1n) is 13.5. The summed E-state index contributed by atoms with van der Waals surface area (Å²) in [4.78, 5) is 5.42. The molecule has 0 aliphatic carbocycles. The first kappa shape index (κ1) is 25.0. The van der Waals surface area contributed by atoms with E-state index < -0.39 is 0 Å². The van der Waals surface area contributed by atoms with E-state index in [1.54, 1.807) is 0 Å². The van der Waals surface area contributed by atoms with Crippen molar-refractivity contribution in [2.75, 3.05) is 0 Å². The Hall–Kier alpha value is -5.00. The summed E-state index contributed by atoms with van der Waals surface area (Å²) < 4.78 is 5.24. The number of hydrogen-bond donors (Lipinski definition) is 0. The molecule has 4 nitrogen and oxygen atoms in total. The number of benzene rings is 5. The average Bonchev–Trinajstić information content (AvgIpc) is 3.66. The molecule has 2 aromatic heterocycles. The average molecular weight is 594 g/mol. The molecule has 0 unspecified atom stereocenters. The lowest BCUT2D eigenvalue weighted by molar-refractivity contribution is 0.884. The van der Waals surface area contributed by atoms with Crippen LogP contribution >= 0.6 is 15.9 Å². The monoisotopic (exact) mass is 592 g/mol. The molecule has 0 spiro atoms. The highest BCUT2D eigenvalue weighted by molar-refractivity contribution is 9.10. The Kier molecular flexibility index (Phi) is 6.63. The zero-order valence-corrected chi connectivity index (χ0v) is 23.7. The lowest BCUT2D eigenvalue weighted by Crippen LogP contribution is -2.00. The molecular weight excluding hydrogens is 568 g/mol. The summed E-state index contributed by atoms with van der Waals surface area (Å²) in [6, 6.07) is 49.8. The van der Waals surface area contributed by atoms with Gasteiger partial charge in [0.15, 0.2) is 0 Å². The van der Waals surface area contributed by atoms with Crippen molar-refractivity contribution in [2.45, 2.75) is 0 Å². The molecule has 41 heavy (non-hydrogen) atoms. The lowest BCUT2D eigenvalue weighted by Gasteiger charge is -2.14. The van der Waals surface area contributed by atoms with Gasteiger partial charge in [0.25, 0.3) is 0 Å². The number of halogens is 1. The molecule has 5 heteroatoms. The van der Waals surface area contributed by atoms with Crippen LogP contribution in [0.2, 0.25) is 0 Å². The van der Waals surface area contributed by atoms with Gasteiger partial charge in [-0.1, -0.05) is 125 Å². The molecule has 7 aromatic rings. The minimum atomic E-state index is 0.825. The molecule has 0 bridgehead atoms. The summed E-state index contributed by atoms with van der Waals surface area (Å²) in [7, 11) is 0. The van der Waals surface area contributed by atoms with Crippen molar-refractivity contribution < 1.29 is 0 Å². The molecular formula is C36H25BrN4. The second kappa shape index (κ2) is 10.9. The van der Waals surface area contributed by atoms with E-state index in [2.05, 4.69) is 124 Å². The SMILES string of the molecule is Brc1ccc(-n2c(-c3cn(-c4ccccc4)nc3-c3ccccc3)nc(-c3ccccc3)c2-c2ccccc2)cc1. The van der Waals surface area contributed by atoms with E-state index >= 15 is 0 Å². The molecule has 0 saturated carbocycles. The highest BCUT2D eigenvalue weighted by Crippen LogP contribution is 2.41. The molecule has 0 atom stereocenters. The van der Waals surface area contributed by atoms with Gasteiger partial charge in [-0.3, -0.25) is 4.57 Å². The molecule has 2 heterocycles. The fourth-order valence-electron chi connectivity index (χ4n) is 5.16. The molecule has 0 N–H and O–H groups in total. The molecule has 7 rings (SSSR count). The fraction of sp³-hybridized carbons (Fsp3) is 0. The molecule has 0 amide bonds. The third-order valence-corrected chi connectivity index (χ3v) is 7.61. The Balaban J connectivity index is 1.58. The van der Waals surface area contributed by atoms with Crippen molar-refractivity contribution in [3.63, 3.8) is 0 Å². The molecule has 0 radical (unpaired) electrons. The van der Waals surface area contributed by atoms with Gasteiger partial charge in [-0.25, -0.2) is 9.67 Å². The van der Waals surface area contributed by atoms with Gasteiger partial charge in [-0.2, -0.15) is 5.10 Å². The standard InChI is InChI=1S/C36H25BrN4/c37-29-21-23-31(24-22-29)41-35(28-17-9-3-10-18-28)34(27-15-7-2-8-16-27)38-36(41)32-25-40(30-19-11-4-12-20-30)39-33(32)26-13-5-1-6-14-26/h1-25H. The van der Waals surface area contributed by atoms with Gasteiger partial charge < -0.3 is 0 Å². The van der Waals surface area contributed by atoms with Crippen LogP contribution in [0.4, 0.5) is 0 Å². The minimum Gasteiger partial charge on any atom is -0.292 e. The lowest BCUT2D eigenvalue weighted by atomic mass is 10.0. The minimum absolute atomic E-state index is 0.825. The van der Waals surface area contributed by atoms with E-state index in [0.29, 0.717) is 0 Å². The van der Waals surface area contributed by atoms with Crippen molar-refractivity contribution >= 4 is 15.9 Å². The van der Waals surface area contributed by atoms with E-state index in [1.165, 1.54) is 0 Å². The van der Waals surface area contributed by atoms with Gasteiger partial charge in [-0.05, 0) is 36.4 Å². The normalized spacial score (nSPS) is 11.0. The van der Waals surface area contributed by atoms with Crippen molar-refractivity contribution in [2.24, 2.45) is 0 Å². The number of hydrogen-bond acceptors (Lipinski definition) is 2. The van der Waals surface area contributed by atoms with Gasteiger partial charge in [0, 0.05) is 33.0 Å². The van der Waals surface area contributed by atoms with Gasteiger partial charge in [0.05, 0.1) is 22.6 Å². The summed E-state index contributed by atoms with van der Waals surface area (Å²) >= 11 is 3.62. The Labute approximate surface area is 247 Å². The number of nitrogens with zero attached hydrogens (tertiary/aromatic N) is 4. The van der Waals surface area contributed by atoms with Crippen molar-refractivity contribution in [3.8, 4) is 56.5 Å². The van der Waals surface area contributed by atoms with E-state index in [9.17, 15) is 0 Å². The topological polar surface area (TPSA) is 35.6 Å². The van der Waals surface area contributed by atoms with Crippen molar-refractivity contribution in [3.05, 3.63) is 156 Å². The summed E-state index contributed by atoms with van der Waals surface area (Å²) in [6.07, 6.45) is 2.10. The van der Waals surface area contributed by atoms with Crippen LogP contribution in [0.3, 0.4) is 0 Å². The second-order valence-electron chi connectivity index (χ2n) is 9.71. The molecule has 0 fully saturated rings. The maximum absolute atomic E-state index is 5.42. The summed E-state index contributed by atoms with van der Waals surface area (Å²) in [5.41, 5.74) is 8.95. The van der Waals surface area contributed by atoms with Crippen LogP contribution in [0.1, 0.15) is 0 Å². The molecule has 0 aliphatic rings. The first-order valence-corrected chi connectivity index (χ1v) is 14.3. The summed E-state index contributed by atoms with van der Waals surface area (Å²) in [6.45, 7) is 0. The molecule has 5 aromatic carbocycles. The van der Waals surface area contributed by atoms with Crippen LogP contribution in [0.25, 0.3) is 56.5 Å². The largest absolute Gasteiger partial charge is 0.292 e. The van der Waals surface area contributed by atoms with Crippen molar-refractivity contribution in [1.82, 2.24) is 19.3 Å². The third kappa shape index (κ3) is 4.81. The van der Waals surface area contributed by atoms with Gasteiger partial charge in [0.2, 0.25) is 0 Å². The number of imidazole rings is 1. The summed E-state index contributed by atoms with van der Waals surface area (Å²) in [5, 5.41) is 5.12. The Morgan fingerprint density at radius 1 is 0.488 bits per heavy atom. The first-order chi connectivity index (χ1) is 20.3. The predicted octanol–water partition coefficient (Wildman–Crippen LogP) is 9.49. The van der Waals surface area contributed by atoms with Crippen LogP contribution < -0.4 is 0 Å². The third-order valence-electron chi connectivity index (χ3n) is 7.08. The van der Waals surface area contributed by atoms with Crippen molar-refractivity contribution in [1.29, 1.82) is 0 Å². The van der Waals surface area contributed by atoms with Crippen LogP contribution in [0.5, 0.6) is 0 Å². The summed E-state index contributed by atoms with van der Waals surface area (Å²) in [5.74, 6) is 0.825. The predicted molar refractivity (Wildman–Crippen MR) is 170 cm³/mol. The van der Waals surface area contributed by atoms with Crippen LogP contribution in [-0.4, -0.2) is 19.3 Å². The molecule has 0 aliphatic heterocycles. The Morgan fingerprint density at radius 2 is 1.00 bits per heavy atom. The van der Waals surface area contributed by atoms with Crippen LogP contribution in [-0.2, 0) is 0 Å². The Bertz CT molecular complexity index is 1910. The highest BCUT2D eigenvalue weighted by atomic mass is 79.9. The quantitative estimate of drug-likeness (QED) is 0.193. The molecule has 196 valence electrons. The maximum Gasteiger partial charge on any atom is 0.149 e. The van der Waals surface area contributed by atoms with E-state index in [4.69, 9.17) is 10.1 Å². The molecule has 0 saturated heterocycles. The van der Waals surface area contributed by atoms with Crippen LogP contribution in [0, 0.1) is 0 Å². The number of aromatic nitrogens is 4. The van der Waals surface area contributed by atoms with E-state index in [0.717, 1.165) is 61.0 Å². The second-order valence-corrected chi connectivity index (χ2v) is 10.6. The van der Waals surface area contributed by atoms with Crippen LogP contribution in [0.15, 0.2) is 156 Å². The van der Waals surface area contributed by atoms with Gasteiger partial charge in [-0.15, -0.1) is 0 Å². The van der Waals surface area contributed by atoms with Gasteiger partial charge >= 0.3 is 0 Å². The smallest absolute Gasteiger partial charge is 0.149 e. The number of rotatable bonds is 6. The maximum atomic E-state index is 5.42. The van der Waals surface area contributed by atoms with Gasteiger partial charge in [0.1, 0.15) is 11.5 Å². The highest BCUT2D eigenvalue weighted by Gasteiger charge is 2.26. The zero-order chi connectivity index (χ0) is 27.6. The zero-order valence-electron chi connectivity index (χ0n) is 22.1. The van der Waals surface area contributed by atoms with E-state index in [-0.39, 0.29) is 0 Å². The fourth-order valence-corrected chi connectivity index (χ4v) is 5.43. The number of para-hydroxylation sites is 1. The van der Waals surface area contributed by atoms with E-state index in [1.807, 2.05) is 53.2 Å². The Morgan fingerprint density at radius 3 is 1.59 bits per heavy atom.